The molecule has 6 aromatic rings. The number of fused-ring (bicyclic) bond motifs is 4. The highest BCUT2D eigenvalue weighted by Crippen LogP contribution is 2.45. The van der Waals surface area contributed by atoms with Crippen LogP contribution >= 0.6 is 0 Å². The number of anilines is 1. The summed E-state index contributed by atoms with van der Waals surface area (Å²) in [5.41, 5.74) is 7.46. The monoisotopic (exact) mass is 935 g/mol. The van der Waals surface area contributed by atoms with Crippen LogP contribution in [0.1, 0.15) is 97.4 Å². The minimum Gasteiger partial charge on any atom is -0.468 e. The maximum absolute atomic E-state index is 18.4. The molecule has 4 heterocycles. The lowest BCUT2D eigenvalue weighted by Crippen LogP contribution is -2.57. The molecule has 0 radical (unpaired) electrons. The lowest BCUT2D eigenvalue weighted by Gasteiger charge is -2.42. The van der Waals surface area contributed by atoms with Crippen molar-refractivity contribution in [3.05, 3.63) is 125 Å². The number of halogens is 2. The van der Waals surface area contributed by atoms with E-state index < -0.39 is 25.3 Å². The van der Waals surface area contributed by atoms with Crippen molar-refractivity contribution in [2.45, 2.75) is 116 Å². The first-order valence-corrected chi connectivity index (χ1v) is 26.0. The van der Waals surface area contributed by atoms with Crippen LogP contribution in [0.2, 0.25) is 16.6 Å². The van der Waals surface area contributed by atoms with Crippen molar-refractivity contribution in [2.75, 3.05) is 31.9 Å². The van der Waals surface area contributed by atoms with E-state index in [1.54, 1.807) is 24.4 Å². The first kappa shape index (κ1) is 48.3. The second kappa shape index (κ2) is 19.4. The Balaban J connectivity index is 1.39. The van der Waals surface area contributed by atoms with Crippen molar-refractivity contribution in [2.24, 2.45) is 4.99 Å². The molecule has 9 nitrogen and oxygen atoms in total. The van der Waals surface area contributed by atoms with Gasteiger partial charge in [-0.15, -0.1) is 5.54 Å². The predicted molar refractivity (Wildman–Crippen MR) is 273 cm³/mol. The molecule has 2 aliphatic rings. The second-order valence-corrected chi connectivity index (χ2v) is 25.7. The number of ether oxygens (including phenoxy) is 3. The molecule has 354 valence electrons. The fourth-order valence-corrected chi connectivity index (χ4v) is 15.9. The molecule has 0 aliphatic carbocycles. The Kier molecular flexibility index (Phi) is 13.8. The molecule has 68 heavy (non-hydrogen) atoms. The number of piperazine rings is 1. The van der Waals surface area contributed by atoms with Crippen LogP contribution in [0.25, 0.3) is 32.8 Å². The van der Waals surface area contributed by atoms with Gasteiger partial charge in [0.15, 0.2) is 18.4 Å². The van der Waals surface area contributed by atoms with Gasteiger partial charge in [-0.25, -0.2) is 23.6 Å². The lowest BCUT2D eigenvalue weighted by atomic mass is 9.94. The van der Waals surface area contributed by atoms with E-state index in [1.165, 1.54) is 13.2 Å². The molecule has 2 aromatic heterocycles. The molecule has 2 aliphatic heterocycles. The standard InChI is InChI=1S/C56H63F2N5O4Si/c1-34(2)68(35(3)4,36(5)6)27-26-44-47(57)25-22-40-28-43(66-33-65-11)29-45(49(40)44)52-50(58)48-37(7)53(60-51(38-18-14-12-15-19-38)39-20-16-13-17-21-39)61-54(46(48)30-59-52)62-31-41-23-24-42(32-62)63(41)55(64)67-56(8,9)10/h12-22,25,28-30,34-36,41-42H,23-24,31-33H2,1-11H3/t41-,42+. The third kappa shape index (κ3) is 9.23. The number of benzene rings is 4. The van der Waals surface area contributed by atoms with E-state index in [4.69, 9.17) is 29.2 Å². The molecular formula is C56H63F2N5O4Si. The van der Waals surface area contributed by atoms with Gasteiger partial charge in [0.25, 0.3) is 0 Å². The summed E-state index contributed by atoms with van der Waals surface area (Å²) in [5, 5.41) is 1.85. The number of aryl methyl sites for hydroxylation is 1. The Morgan fingerprint density at radius 3 is 2.03 bits per heavy atom. The van der Waals surface area contributed by atoms with Crippen molar-refractivity contribution in [3.63, 3.8) is 0 Å². The first-order chi connectivity index (χ1) is 32.4. The molecule has 2 bridgehead atoms. The molecule has 0 N–H and O–H groups in total. The summed E-state index contributed by atoms with van der Waals surface area (Å²) in [6.45, 7) is 21.6. The van der Waals surface area contributed by atoms with Gasteiger partial charge in [0.05, 0.1) is 23.4 Å². The Morgan fingerprint density at radius 1 is 0.868 bits per heavy atom. The van der Waals surface area contributed by atoms with Crippen LogP contribution in [-0.4, -0.2) is 79.4 Å². The highest BCUT2D eigenvalue weighted by atomic mass is 28.3. The maximum atomic E-state index is 18.4. The van der Waals surface area contributed by atoms with Crippen LogP contribution in [0.15, 0.2) is 96.1 Å². The molecule has 2 fully saturated rings. The van der Waals surface area contributed by atoms with Gasteiger partial charge in [-0.1, -0.05) is 114 Å². The van der Waals surface area contributed by atoms with Crippen molar-refractivity contribution >= 4 is 53.1 Å². The summed E-state index contributed by atoms with van der Waals surface area (Å²) in [6.07, 6.45) is 2.92. The zero-order chi connectivity index (χ0) is 48.7. The molecular weight excluding hydrogens is 873 g/mol. The maximum Gasteiger partial charge on any atom is 0.410 e. The lowest BCUT2D eigenvalue weighted by molar-refractivity contribution is 0.0123. The fraction of sp³-hybridized carbons (Fsp3) is 0.393. The summed E-state index contributed by atoms with van der Waals surface area (Å²) < 4.78 is 52.1. The normalized spacial score (nSPS) is 16.2. The molecule has 4 aromatic carbocycles. The second-order valence-electron chi connectivity index (χ2n) is 20.2. The number of aliphatic imine (C=N–C) groups is 1. The molecule has 2 saturated heterocycles. The summed E-state index contributed by atoms with van der Waals surface area (Å²) >= 11 is 0. The van der Waals surface area contributed by atoms with E-state index in [0.717, 1.165) is 24.0 Å². The molecule has 1 amide bonds. The summed E-state index contributed by atoms with van der Waals surface area (Å²) in [7, 11) is -0.801. The van der Waals surface area contributed by atoms with Crippen molar-refractivity contribution in [3.8, 4) is 28.5 Å². The Labute approximate surface area is 401 Å². The third-order valence-corrected chi connectivity index (χ3v) is 20.1. The highest BCUT2D eigenvalue weighted by Gasteiger charge is 2.45. The van der Waals surface area contributed by atoms with Gasteiger partial charge in [0.2, 0.25) is 0 Å². The SMILES string of the molecule is COCOc1cc(-c2ncc3c(N4C[C@H]5CC[C@@H](C4)N5C(=O)OC(C)(C)C)nc(N=C(c4ccccc4)c4ccccc4)c(C)c3c2F)c2c(C#C[Si](C(C)C)(C(C)C)C(C)C)c(F)ccc2c1. The van der Waals surface area contributed by atoms with Crippen LogP contribution in [0.4, 0.5) is 25.2 Å². The number of aromatic nitrogens is 2. The average Bonchev–Trinajstić information content (AvgIpc) is 3.57. The van der Waals surface area contributed by atoms with E-state index in [9.17, 15) is 4.79 Å². The topological polar surface area (TPSA) is 89.4 Å². The van der Waals surface area contributed by atoms with E-state index in [0.29, 0.717) is 80.1 Å². The molecule has 0 unspecified atom stereocenters. The summed E-state index contributed by atoms with van der Waals surface area (Å²) in [4.78, 5) is 33.1. The van der Waals surface area contributed by atoms with Gasteiger partial charge >= 0.3 is 6.09 Å². The van der Waals surface area contributed by atoms with Crippen LogP contribution in [-0.2, 0) is 9.47 Å². The largest absolute Gasteiger partial charge is 0.468 e. The van der Waals surface area contributed by atoms with Crippen molar-refractivity contribution in [1.82, 2.24) is 14.9 Å². The van der Waals surface area contributed by atoms with Crippen LogP contribution in [0.3, 0.4) is 0 Å². The minimum absolute atomic E-state index is 0.00967. The van der Waals surface area contributed by atoms with Crippen LogP contribution < -0.4 is 9.64 Å². The fourth-order valence-electron chi connectivity index (χ4n) is 10.7. The Morgan fingerprint density at radius 2 is 1.47 bits per heavy atom. The number of nitrogens with zero attached hydrogens (tertiary/aromatic N) is 5. The van der Waals surface area contributed by atoms with E-state index in [1.807, 2.05) is 93.3 Å². The summed E-state index contributed by atoms with van der Waals surface area (Å²) in [6, 6.07) is 26.1. The minimum atomic E-state index is -2.33. The zero-order valence-corrected chi connectivity index (χ0v) is 42.2. The zero-order valence-electron chi connectivity index (χ0n) is 41.2. The molecule has 0 spiro atoms. The van der Waals surface area contributed by atoms with Crippen LogP contribution in [0, 0.1) is 30.0 Å². The quantitative estimate of drug-likeness (QED) is 0.0553. The van der Waals surface area contributed by atoms with Gasteiger partial charge in [-0.05, 0) is 80.7 Å². The molecule has 0 saturated carbocycles. The van der Waals surface area contributed by atoms with Crippen molar-refractivity contribution < 1.29 is 27.8 Å². The van der Waals surface area contributed by atoms with Crippen molar-refractivity contribution in [1.29, 1.82) is 0 Å². The number of carbonyl (C=O) groups is 1. The average molecular weight is 936 g/mol. The third-order valence-electron chi connectivity index (χ3n) is 13.8. The van der Waals surface area contributed by atoms with Gasteiger partial charge in [0.1, 0.15) is 36.8 Å². The Hall–Kier alpha value is -6.16. The number of amides is 1. The summed E-state index contributed by atoms with van der Waals surface area (Å²) in [5.74, 6) is 3.54. The number of carbonyl (C=O) groups excluding carboxylic acids is 1. The molecule has 2 atom stereocenters. The van der Waals surface area contributed by atoms with E-state index in [2.05, 4.69) is 57.9 Å². The smallest absolute Gasteiger partial charge is 0.410 e. The number of hydrogen-bond acceptors (Lipinski definition) is 8. The number of hydrogen-bond donors (Lipinski definition) is 0. The van der Waals surface area contributed by atoms with Gasteiger partial charge in [0, 0.05) is 64.8 Å². The first-order valence-electron chi connectivity index (χ1n) is 23.8. The van der Waals surface area contributed by atoms with Crippen LogP contribution in [0.5, 0.6) is 5.75 Å². The van der Waals surface area contributed by atoms with E-state index in [-0.39, 0.29) is 41.6 Å². The highest BCUT2D eigenvalue weighted by molar-refractivity contribution is 6.90. The van der Waals surface area contributed by atoms with Gasteiger partial charge in [-0.2, -0.15) is 0 Å². The number of rotatable bonds is 11. The van der Waals surface area contributed by atoms with Gasteiger partial charge < -0.3 is 19.1 Å². The van der Waals surface area contributed by atoms with Gasteiger partial charge in [-0.3, -0.25) is 9.88 Å². The molecule has 12 heteroatoms. The molecule has 8 rings (SSSR count). The number of pyridine rings is 2. The predicted octanol–water partition coefficient (Wildman–Crippen LogP) is 13.3. The number of methoxy groups -OCH3 is 1. The Bertz CT molecular complexity index is 2870. The van der Waals surface area contributed by atoms with E-state index >= 15 is 8.78 Å².